The third kappa shape index (κ3) is 3.90. The largest absolute Gasteiger partial charge is 0.337 e. The molecule has 0 saturated carbocycles. The molecule has 5 aromatic rings. The van der Waals surface area contributed by atoms with Crippen molar-refractivity contribution in [3.8, 4) is 5.69 Å². The zero-order valence-corrected chi connectivity index (χ0v) is 21.5. The van der Waals surface area contributed by atoms with Crippen LogP contribution in [0.5, 0.6) is 0 Å². The third-order valence-electron chi connectivity index (χ3n) is 7.11. The van der Waals surface area contributed by atoms with E-state index in [2.05, 4.69) is 35.3 Å². The Morgan fingerprint density at radius 1 is 0.795 bits per heavy atom. The molecular weight excluding hydrogens is 487 g/mol. The molecule has 6 nitrogen and oxygen atoms in total. The maximum absolute atomic E-state index is 14.1. The van der Waals surface area contributed by atoms with Gasteiger partial charge in [-0.15, -0.1) is 0 Å². The lowest BCUT2D eigenvalue weighted by molar-refractivity contribution is 0.626. The number of halogens is 1. The van der Waals surface area contributed by atoms with Crippen LogP contribution in [0.15, 0.2) is 113 Å². The minimum absolute atomic E-state index is 0.275. The smallest absolute Gasteiger partial charge is 0.179 e. The van der Waals surface area contributed by atoms with Crippen molar-refractivity contribution in [2.75, 3.05) is 10.2 Å². The van der Waals surface area contributed by atoms with Crippen molar-refractivity contribution in [2.24, 2.45) is 9.98 Å². The quantitative estimate of drug-likeness (QED) is 0.274. The van der Waals surface area contributed by atoms with E-state index in [9.17, 15) is 4.39 Å². The molecule has 0 radical (unpaired) electrons. The maximum Gasteiger partial charge on any atom is 0.179 e. The van der Waals surface area contributed by atoms with Crippen molar-refractivity contribution in [3.05, 3.63) is 131 Å². The zero-order chi connectivity index (χ0) is 26.5. The summed E-state index contributed by atoms with van der Waals surface area (Å²) in [5.74, 6) is 1.77. The van der Waals surface area contributed by atoms with Gasteiger partial charge in [-0.3, -0.25) is 0 Å². The van der Waals surface area contributed by atoms with Crippen LogP contribution in [0.4, 0.5) is 27.3 Å². The Hall–Kier alpha value is -5.04. The van der Waals surface area contributed by atoms with Crippen LogP contribution in [0.1, 0.15) is 28.4 Å². The van der Waals surface area contributed by atoms with Crippen molar-refractivity contribution in [3.63, 3.8) is 0 Å². The van der Waals surface area contributed by atoms with Crippen LogP contribution in [0.2, 0.25) is 0 Å². The van der Waals surface area contributed by atoms with E-state index in [0.717, 1.165) is 51.0 Å². The molecule has 3 heterocycles. The first-order chi connectivity index (χ1) is 19.1. The van der Waals surface area contributed by atoms with Crippen LogP contribution in [0.25, 0.3) is 5.69 Å². The van der Waals surface area contributed by atoms with Crippen molar-refractivity contribution in [1.29, 1.82) is 0 Å². The van der Waals surface area contributed by atoms with Crippen molar-refractivity contribution < 1.29 is 4.39 Å². The number of nitrogens with zero attached hydrogens (tertiary/aromatic N) is 5. The van der Waals surface area contributed by atoms with Crippen LogP contribution in [-0.4, -0.2) is 21.5 Å². The predicted octanol–water partition coefficient (Wildman–Crippen LogP) is 7.42. The van der Waals surface area contributed by atoms with Crippen molar-refractivity contribution in [2.45, 2.75) is 19.9 Å². The first-order valence-corrected chi connectivity index (χ1v) is 12.9. The molecule has 2 aliphatic heterocycles. The summed E-state index contributed by atoms with van der Waals surface area (Å²) in [6.07, 6.45) is 0. The number of hydrogen-bond donors (Lipinski definition) is 1. The highest BCUT2D eigenvalue weighted by molar-refractivity contribution is 6.51. The Labute approximate surface area is 225 Å². The lowest BCUT2D eigenvalue weighted by Crippen LogP contribution is -2.46. The number of aryl methyl sites for hydroxylation is 2. The molecule has 190 valence electrons. The molecule has 7 rings (SSSR count). The average molecular weight is 513 g/mol. The van der Waals surface area contributed by atoms with Crippen LogP contribution in [-0.2, 0) is 0 Å². The van der Waals surface area contributed by atoms with Gasteiger partial charge >= 0.3 is 0 Å². The number of aromatic nitrogens is 2. The molecule has 0 saturated heterocycles. The van der Waals surface area contributed by atoms with Crippen LogP contribution >= 0.6 is 0 Å². The summed E-state index contributed by atoms with van der Waals surface area (Å²) in [5.41, 5.74) is 7.51. The second-order valence-electron chi connectivity index (χ2n) is 9.77. The number of aliphatic imine (C=N–C) groups is 2. The first kappa shape index (κ1) is 23.1. The molecular formula is C32H25FN6. The fraction of sp³-hybridized carbons (Fsp3) is 0.0938. The zero-order valence-electron chi connectivity index (χ0n) is 21.5. The first-order valence-electron chi connectivity index (χ1n) is 12.9. The highest BCUT2D eigenvalue weighted by Crippen LogP contribution is 2.48. The summed E-state index contributed by atoms with van der Waals surface area (Å²) in [6, 6.07) is 32.6. The number of anilines is 2. The van der Waals surface area contributed by atoms with Gasteiger partial charge in [0.2, 0.25) is 0 Å². The van der Waals surface area contributed by atoms with E-state index in [1.165, 1.54) is 12.1 Å². The standard InChI is InChI=1S/C32H25FN6/c1-20-9-8-10-24(19-20)34-30-32-36-31-28(21(2)37-39(31)25-11-4-3-5-12-25)29(22-15-17-23(33)18-16-22)38(32)27-14-7-6-13-26(27)35-30/h3-19,29H,1-2H3,(H,34,35)/t29-/m0/s1. The van der Waals surface area contributed by atoms with E-state index in [1.807, 2.05) is 84.4 Å². The molecule has 4 aromatic carbocycles. The van der Waals surface area contributed by atoms with Gasteiger partial charge in [0.1, 0.15) is 5.82 Å². The second kappa shape index (κ2) is 9.06. The number of para-hydroxylation sites is 3. The van der Waals surface area contributed by atoms with E-state index >= 15 is 0 Å². The molecule has 2 aliphatic rings. The predicted molar refractivity (Wildman–Crippen MR) is 154 cm³/mol. The van der Waals surface area contributed by atoms with Crippen LogP contribution in [0.3, 0.4) is 0 Å². The molecule has 7 heteroatoms. The monoisotopic (exact) mass is 512 g/mol. The fourth-order valence-electron chi connectivity index (χ4n) is 5.37. The van der Waals surface area contributed by atoms with Gasteiger partial charge in [0.15, 0.2) is 17.5 Å². The van der Waals surface area contributed by atoms with Crippen LogP contribution in [0, 0.1) is 19.7 Å². The van der Waals surface area contributed by atoms with E-state index in [1.54, 1.807) is 0 Å². The maximum atomic E-state index is 14.1. The Morgan fingerprint density at radius 3 is 2.36 bits per heavy atom. The Kier molecular flexibility index (Phi) is 5.37. The molecule has 1 aromatic heterocycles. The second-order valence-corrected chi connectivity index (χ2v) is 9.77. The van der Waals surface area contributed by atoms with E-state index in [0.29, 0.717) is 11.7 Å². The SMILES string of the molecule is Cc1cccc(NC2=Nc3ccccc3N3C2=Nc2c(c(C)nn2-c2ccccc2)[C@@H]3c2ccc(F)cc2)c1. The van der Waals surface area contributed by atoms with E-state index in [4.69, 9.17) is 15.1 Å². The third-order valence-corrected chi connectivity index (χ3v) is 7.11. The Balaban J connectivity index is 1.50. The molecule has 1 N–H and O–H groups in total. The lowest BCUT2D eigenvalue weighted by atomic mass is 9.93. The minimum atomic E-state index is -0.295. The van der Waals surface area contributed by atoms with Gasteiger partial charge in [-0.25, -0.2) is 19.1 Å². The number of amidine groups is 2. The number of nitrogens with one attached hydrogen (secondary N) is 1. The highest BCUT2D eigenvalue weighted by Gasteiger charge is 2.41. The number of benzene rings is 4. The van der Waals surface area contributed by atoms with E-state index < -0.39 is 0 Å². The average Bonchev–Trinajstić information content (AvgIpc) is 3.29. The van der Waals surface area contributed by atoms with Gasteiger partial charge in [-0.1, -0.05) is 54.6 Å². The molecule has 39 heavy (non-hydrogen) atoms. The summed E-state index contributed by atoms with van der Waals surface area (Å²) in [7, 11) is 0. The van der Waals surface area contributed by atoms with Gasteiger partial charge < -0.3 is 10.2 Å². The van der Waals surface area contributed by atoms with Crippen LogP contribution < -0.4 is 10.2 Å². The molecule has 0 amide bonds. The lowest BCUT2D eigenvalue weighted by Gasteiger charge is -2.40. The molecule has 0 fully saturated rings. The molecule has 0 spiro atoms. The summed E-state index contributed by atoms with van der Waals surface area (Å²) in [5, 5.41) is 8.47. The molecule has 1 atom stereocenters. The number of fused-ring (bicyclic) bond motifs is 4. The molecule has 0 aliphatic carbocycles. The number of rotatable bonds is 3. The molecule has 0 unspecified atom stereocenters. The van der Waals surface area contributed by atoms with Gasteiger partial charge in [0.05, 0.1) is 28.8 Å². The summed E-state index contributed by atoms with van der Waals surface area (Å²) in [6.45, 7) is 4.07. The summed E-state index contributed by atoms with van der Waals surface area (Å²) >= 11 is 0. The fourth-order valence-corrected chi connectivity index (χ4v) is 5.37. The minimum Gasteiger partial charge on any atom is -0.337 e. The normalized spacial score (nSPS) is 15.6. The number of hydrogen-bond acceptors (Lipinski definition) is 5. The summed E-state index contributed by atoms with van der Waals surface area (Å²) in [4.78, 5) is 12.4. The molecule has 0 bridgehead atoms. The van der Waals surface area contributed by atoms with Gasteiger partial charge in [-0.2, -0.15) is 5.10 Å². The van der Waals surface area contributed by atoms with Gasteiger partial charge in [-0.05, 0) is 73.5 Å². The van der Waals surface area contributed by atoms with Crippen molar-refractivity contribution in [1.82, 2.24) is 9.78 Å². The van der Waals surface area contributed by atoms with Gasteiger partial charge in [0.25, 0.3) is 0 Å². The topological polar surface area (TPSA) is 57.8 Å². The Bertz CT molecular complexity index is 1770. The van der Waals surface area contributed by atoms with Gasteiger partial charge in [0, 0.05) is 11.3 Å². The van der Waals surface area contributed by atoms with Crippen molar-refractivity contribution >= 4 is 34.6 Å². The summed E-state index contributed by atoms with van der Waals surface area (Å²) < 4.78 is 16.0. The Morgan fingerprint density at radius 2 is 1.56 bits per heavy atom. The highest BCUT2D eigenvalue weighted by atomic mass is 19.1. The van der Waals surface area contributed by atoms with E-state index in [-0.39, 0.29) is 11.9 Å².